The van der Waals surface area contributed by atoms with Crippen LogP contribution in [0.5, 0.6) is 0 Å². The second-order valence-corrected chi connectivity index (χ2v) is 10.0. The largest absolute Gasteiger partial charge is 0.481 e. The van der Waals surface area contributed by atoms with E-state index in [0.29, 0.717) is 19.3 Å². The predicted octanol–water partition coefficient (Wildman–Crippen LogP) is 4.70. The normalized spacial score (nSPS) is 22.5. The molecule has 0 heterocycles. The summed E-state index contributed by atoms with van der Waals surface area (Å²) in [7, 11) is 0. The van der Waals surface area contributed by atoms with Crippen LogP contribution in [0.15, 0.2) is 48.5 Å². The van der Waals surface area contributed by atoms with E-state index < -0.39 is 29.6 Å². The molecule has 2 aromatic rings. The fourth-order valence-corrected chi connectivity index (χ4v) is 5.38. The van der Waals surface area contributed by atoms with Gasteiger partial charge >= 0.3 is 12.1 Å². The summed E-state index contributed by atoms with van der Waals surface area (Å²) in [4.78, 5) is 37.8. The second kappa shape index (κ2) is 10.1. The van der Waals surface area contributed by atoms with Crippen LogP contribution in [0.2, 0.25) is 0 Å². The van der Waals surface area contributed by atoms with Crippen LogP contribution in [0.25, 0.3) is 11.1 Å². The zero-order chi connectivity index (χ0) is 25.2. The number of alkyl carbamates (subject to hydrolysis) is 1. The van der Waals surface area contributed by atoms with E-state index in [2.05, 4.69) is 34.9 Å². The Morgan fingerprint density at radius 1 is 1.09 bits per heavy atom. The Morgan fingerprint density at radius 3 is 2.26 bits per heavy atom. The zero-order valence-electron chi connectivity index (χ0n) is 20.5. The average Bonchev–Trinajstić information content (AvgIpc) is 3.39. The van der Waals surface area contributed by atoms with Crippen molar-refractivity contribution in [3.63, 3.8) is 0 Å². The van der Waals surface area contributed by atoms with Gasteiger partial charge in [-0.2, -0.15) is 0 Å². The van der Waals surface area contributed by atoms with Crippen molar-refractivity contribution in [2.75, 3.05) is 6.61 Å². The van der Waals surface area contributed by atoms with E-state index in [1.54, 1.807) is 6.92 Å². The highest BCUT2D eigenvalue weighted by molar-refractivity contribution is 5.87. The first-order valence-corrected chi connectivity index (χ1v) is 12.4. The molecule has 0 spiro atoms. The summed E-state index contributed by atoms with van der Waals surface area (Å²) in [6.07, 6.45) is 1.87. The van der Waals surface area contributed by atoms with E-state index in [1.807, 2.05) is 38.1 Å². The van der Waals surface area contributed by atoms with Crippen LogP contribution in [0.1, 0.15) is 63.5 Å². The highest BCUT2D eigenvalue weighted by Crippen LogP contribution is 2.44. The molecule has 4 rings (SSSR count). The van der Waals surface area contributed by atoms with Crippen molar-refractivity contribution in [2.45, 2.75) is 64.5 Å². The van der Waals surface area contributed by atoms with E-state index in [9.17, 15) is 19.5 Å². The molecule has 2 amide bonds. The topological polar surface area (TPSA) is 105 Å². The summed E-state index contributed by atoms with van der Waals surface area (Å²) >= 11 is 0. The molecule has 1 saturated carbocycles. The Morgan fingerprint density at radius 2 is 1.69 bits per heavy atom. The number of fused-ring (bicyclic) bond motifs is 3. The Kier molecular flexibility index (Phi) is 7.15. The highest BCUT2D eigenvalue weighted by Gasteiger charge is 2.46. The quantitative estimate of drug-likeness (QED) is 0.510. The lowest BCUT2D eigenvalue weighted by Crippen LogP contribution is -2.55. The molecule has 0 aromatic heterocycles. The van der Waals surface area contributed by atoms with Crippen LogP contribution in [0.4, 0.5) is 4.79 Å². The Hall–Kier alpha value is -3.35. The van der Waals surface area contributed by atoms with Crippen LogP contribution in [-0.4, -0.2) is 41.8 Å². The van der Waals surface area contributed by atoms with Crippen molar-refractivity contribution < 1.29 is 24.2 Å². The van der Waals surface area contributed by atoms with Crippen molar-refractivity contribution in [3.05, 3.63) is 59.7 Å². The first-order valence-electron chi connectivity index (χ1n) is 12.4. The summed E-state index contributed by atoms with van der Waals surface area (Å²) in [5, 5.41) is 15.3. The first kappa shape index (κ1) is 24.8. The van der Waals surface area contributed by atoms with Crippen molar-refractivity contribution >= 4 is 18.0 Å². The number of hydrogen-bond donors (Lipinski definition) is 3. The van der Waals surface area contributed by atoms with Crippen LogP contribution < -0.4 is 10.6 Å². The lowest BCUT2D eigenvalue weighted by atomic mass is 9.84. The minimum absolute atomic E-state index is 0.0706. The van der Waals surface area contributed by atoms with Gasteiger partial charge in [0.25, 0.3) is 0 Å². The Labute approximate surface area is 206 Å². The van der Waals surface area contributed by atoms with Crippen molar-refractivity contribution in [2.24, 2.45) is 11.3 Å². The van der Waals surface area contributed by atoms with Crippen LogP contribution in [0.3, 0.4) is 0 Å². The van der Waals surface area contributed by atoms with Gasteiger partial charge in [0.1, 0.15) is 12.6 Å². The van der Waals surface area contributed by atoms with E-state index in [4.69, 9.17) is 4.74 Å². The third-order valence-corrected chi connectivity index (χ3v) is 7.88. The number of amides is 2. The van der Waals surface area contributed by atoms with Gasteiger partial charge in [-0.25, -0.2) is 4.79 Å². The lowest BCUT2D eigenvalue weighted by molar-refractivity contribution is -0.149. The van der Waals surface area contributed by atoms with Crippen molar-refractivity contribution in [3.8, 4) is 11.1 Å². The molecule has 3 N–H and O–H groups in total. The van der Waals surface area contributed by atoms with E-state index in [1.165, 1.54) is 0 Å². The number of hydrogen-bond acceptors (Lipinski definition) is 4. The molecule has 7 nitrogen and oxygen atoms in total. The zero-order valence-corrected chi connectivity index (χ0v) is 20.5. The summed E-state index contributed by atoms with van der Waals surface area (Å²) in [6.45, 7) is 5.67. The summed E-state index contributed by atoms with van der Waals surface area (Å²) in [6, 6.07) is 14.9. The molecule has 0 saturated heterocycles. The van der Waals surface area contributed by atoms with E-state index in [-0.39, 0.29) is 24.3 Å². The maximum Gasteiger partial charge on any atom is 0.407 e. The number of carboxylic acid groups (broad SMARTS) is 1. The van der Waals surface area contributed by atoms with Crippen molar-refractivity contribution in [1.82, 2.24) is 10.6 Å². The molecule has 7 heteroatoms. The highest BCUT2D eigenvalue weighted by atomic mass is 16.5. The third-order valence-electron chi connectivity index (χ3n) is 7.88. The standard InChI is InChI=1S/C28H34N2O5/c1-4-17(2)24(25(31)29-23-14-9-15-28(23,3)26(32)33)30-27(34)35-16-22-20-12-7-5-10-18(20)19-11-6-8-13-21(19)22/h5-8,10-13,17,22-24H,4,9,14-16H2,1-3H3,(H,29,31)(H,30,34)(H,32,33)/t17?,23?,24-,28?/m0/s1. The maximum atomic E-state index is 13.2. The molecule has 2 aliphatic carbocycles. The van der Waals surface area contributed by atoms with Gasteiger partial charge in [0.05, 0.1) is 5.41 Å². The molecule has 35 heavy (non-hydrogen) atoms. The van der Waals surface area contributed by atoms with Gasteiger partial charge < -0.3 is 20.5 Å². The minimum Gasteiger partial charge on any atom is -0.481 e. The maximum absolute atomic E-state index is 13.2. The molecule has 1 fully saturated rings. The predicted molar refractivity (Wildman–Crippen MR) is 133 cm³/mol. The number of nitrogens with one attached hydrogen (secondary N) is 2. The lowest BCUT2D eigenvalue weighted by Gasteiger charge is -2.31. The first-order chi connectivity index (χ1) is 16.8. The molecule has 186 valence electrons. The van der Waals surface area contributed by atoms with Gasteiger partial charge in [-0.05, 0) is 47.9 Å². The molecule has 0 radical (unpaired) electrons. The Bertz CT molecular complexity index is 1070. The van der Waals surface area contributed by atoms with Gasteiger partial charge in [-0.3, -0.25) is 9.59 Å². The average molecular weight is 479 g/mol. The summed E-state index contributed by atoms with van der Waals surface area (Å²) in [5.74, 6) is -1.50. The molecule has 3 unspecified atom stereocenters. The number of aliphatic carboxylic acids is 1. The van der Waals surface area contributed by atoms with E-state index >= 15 is 0 Å². The smallest absolute Gasteiger partial charge is 0.407 e. The number of benzene rings is 2. The van der Waals surface area contributed by atoms with Crippen molar-refractivity contribution in [1.29, 1.82) is 0 Å². The molecule has 0 bridgehead atoms. The van der Waals surface area contributed by atoms with Crippen LogP contribution in [0, 0.1) is 11.3 Å². The number of rotatable bonds is 8. The number of carbonyl (C=O) groups excluding carboxylic acids is 2. The minimum atomic E-state index is -1.00. The van der Waals surface area contributed by atoms with E-state index in [0.717, 1.165) is 28.7 Å². The monoisotopic (exact) mass is 478 g/mol. The van der Waals surface area contributed by atoms with Gasteiger partial charge in [0, 0.05) is 12.0 Å². The summed E-state index contributed by atoms with van der Waals surface area (Å²) in [5.41, 5.74) is 3.53. The Balaban J connectivity index is 1.43. The fourth-order valence-electron chi connectivity index (χ4n) is 5.38. The van der Waals surface area contributed by atoms with Crippen LogP contribution >= 0.6 is 0 Å². The second-order valence-electron chi connectivity index (χ2n) is 10.0. The molecular weight excluding hydrogens is 444 g/mol. The van der Waals surface area contributed by atoms with Gasteiger partial charge in [0.2, 0.25) is 5.91 Å². The van der Waals surface area contributed by atoms with Crippen LogP contribution in [-0.2, 0) is 14.3 Å². The molecule has 4 atom stereocenters. The van der Waals surface area contributed by atoms with Gasteiger partial charge in [-0.15, -0.1) is 0 Å². The molecule has 2 aromatic carbocycles. The molecular formula is C28H34N2O5. The van der Waals surface area contributed by atoms with Gasteiger partial charge in [-0.1, -0.05) is 75.2 Å². The SMILES string of the molecule is CCC(C)[C@H](NC(=O)OCC1c2ccccc2-c2ccccc21)C(=O)NC1CCCC1(C)C(=O)O. The number of carbonyl (C=O) groups is 3. The van der Waals surface area contributed by atoms with Gasteiger partial charge in [0.15, 0.2) is 0 Å². The summed E-state index contributed by atoms with van der Waals surface area (Å²) < 4.78 is 5.64. The molecule has 2 aliphatic rings. The fraction of sp³-hybridized carbons (Fsp3) is 0.464. The number of carboxylic acids is 1. The third kappa shape index (κ3) is 4.77. The molecule has 0 aliphatic heterocycles. The number of ether oxygens (including phenoxy) is 1.